The first-order valence-electron chi connectivity index (χ1n) is 11.0. The van der Waals surface area contributed by atoms with Crippen LogP contribution < -0.4 is 4.74 Å². The number of hydrogen-bond acceptors (Lipinski definition) is 6. The molecule has 4 aromatic rings. The summed E-state index contributed by atoms with van der Waals surface area (Å²) in [6, 6.07) is 16.3. The molecule has 5 rings (SSSR count). The zero-order valence-corrected chi connectivity index (χ0v) is 18.0. The molecule has 0 aliphatic carbocycles. The highest BCUT2D eigenvalue weighted by Gasteiger charge is 2.21. The van der Waals surface area contributed by atoms with E-state index in [0.717, 1.165) is 61.9 Å². The highest BCUT2D eigenvalue weighted by Crippen LogP contribution is 2.23. The van der Waals surface area contributed by atoms with Gasteiger partial charge in [0.05, 0.1) is 18.9 Å². The molecule has 32 heavy (non-hydrogen) atoms. The lowest BCUT2D eigenvalue weighted by Crippen LogP contribution is -2.30. The maximum atomic E-state index is 6.14. The molecule has 1 aliphatic rings. The lowest BCUT2D eigenvalue weighted by molar-refractivity contribution is 0.121. The number of para-hydroxylation sites is 1. The third-order valence-corrected chi connectivity index (χ3v) is 5.71. The Bertz CT molecular complexity index is 1150. The Morgan fingerprint density at radius 3 is 2.97 bits per heavy atom. The van der Waals surface area contributed by atoms with Gasteiger partial charge in [-0.05, 0) is 30.7 Å². The van der Waals surface area contributed by atoms with Crippen molar-refractivity contribution in [3.8, 4) is 5.75 Å². The molecule has 1 aliphatic heterocycles. The number of aromatic nitrogens is 4. The van der Waals surface area contributed by atoms with E-state index in [-0.39, 0.29) is 0 Å². The second-order valence-electron chi connectivity index (χ2n) is 8.19. The van der Waals surface area contributed by atoms with Gasteiger partial charge in [-0.1, -0.05) is 24.3 Å². The van der Waals surface area contributed by atoms with Crippen molar-refractivity contribution < 1.29 is 9.47 Å². The van der Waals surface area contributed by atoms with Crippen LogP contribution in [-0.2, 0) is 24.3 Å². The monoisotopic (exact) mass is 429 g/mol. The van der Waals surface area contributed by atoms with Gasteiger partial charge < -0.3 is 9.47 Å². The van der Waals surface area contributed by atoms with Gasteiger partial charge >= 0.3 is 0 Å². The molecule has 1 aromatic carbocycles. The minimum absolute atomic E-state index is 0.384. The standard InChI is InChI=1S/C25H27N5O2/c1-2-6-24(32-19-20-4-3-9-26-15-20)22(5-1)17-29-12-13-31-18-21(16-29)14-23-7-8-25-27-10-11-30(25)28-23/h1-11,15,21H,12-14,16-19H2/t21-/m0/s1. The van der Waals surface area contributed by atoms with Gasteiger partial charge in [-0.3, -0.25) is 9.88 Å². The van der Waals surface area contributed by atoms with E-state index in [0.29, 0.717) is 12.5 Å². The van der Waals surface area contributed by atoms with Crippen molar-refractivity contribution in [3.63, 3.8) is 0 Å². The number of hydrogen-bond donors (Lipinski definition) is 0. The molecule has 0 N–H and O–H groups in total. The first-order chi connectivity index (χ1) is 15.8. The average molecular weight is 430 g/mol. The van der Waals surface area contributed by atoms with Gasteiger partial charge in [0, 0.05) is 61.5 Å². The van der Waals surface area contributed by atoms with E-state index in [1.165, 1.54) is 5.56 Å². The summed E-state index contributed by atoms with van der Waals surface area (Å²) in [7, 11) is 0. The summed E-state index contributed by atoms with van der Waals surface area (Å²) in [5.41, 5.74) is 4.18. The van der Waals surface area contributed by atoms with Crippen LogP contribution in [0.3, 0.4) is 0 Å². The van der Waals surface area contributed by atoms with Gasteiger partial charge in [0.25, 0.3) is 0 Å². The Kier molecular flexibility index (Phi) is 6.37. The number of imidazole rings is 1. The van der Waals surface area contributed by atoms with Crippen LogP contribution in [0.2, 0.25) is 0 Å². The number of pyridine rings is 1. The summed E-state index contributed by atoms with van der Waals surface area (Å²) >= 11 is 0. The molecular formula is C25H27N5O2. The summed E-state index contributed by atoms with van der Waals surface area (Å²) in [6.07, 6.45) is 8.16. The van der Waals surface area contributed by atoms with E-state index < -0.39 is 0 Å². The summed E-state index contributed by atoms with van der Waals surface area (Å²) in [5, 5.41) is 4.69. The van der Waals surface area contributed by atoms with Crippen molar-refractivity contribution in [1.29, 1.82) is 0 Å². The van der Waals surface area contributed by atoms with Crippen LogP contribution >= 0.6 is 0 Å². The number of rotatable bonds is 7. The third-order valence-electron chi connectivity index (χ3n) is 5.71. The van der Waals surface area contributed by atoms with Crippen molar-refractivity contribution in [2.45, 2.75) is 19.6 Å². The Morgan fingerprint density at radius 1 is 1.06 bits per heavy atom. The van der Waals surface area contributed by atoms with Gasteiger partial charge in [0.2, 0.25) is 0 Å². The van der Waals surface area contributed by atoms with Crippen LogP contribution in [0.4, 0.5) is 0 Å². The van der Waals surface area contributed by atoms with Crippen LogP contribution in [0.5, 0.6) is 5.75 Å². The minimum atomic E-state index is 0.384. The first-order valence-corrected chi connectivity index (χ1v) is 11.0. The molecule has 4 heterocycles. The van der Waals surface area contributed by atoms with Crippen molar-refractivity contribution >= 4 is 5.65 Å². The second-order valence-corrected chi connectivity index (χ2v) is 8.19. The van der Waals surface area contributed by atoms with E-state index in [2.05, 4.69) is 33.1 Å². The third kappa shape index (κ3) is 5.12. The Labute approximate surface area is 187 Å². The molecule has 0 radical (unpaired) electrons. The van der Waals surface area contributed by atoms with Crippen LogP contribution in [0.1, 0.15) is 16.8 Å². The number of benzene rings is 1. The van der Waals surface area contributed by atoms with Gasteiger partial charge in [-0.2, -0.15) is 5.10 Å². The number of nitrogens with zero attached hydrogens (tertiary/aromatic N) is 5. The van der Waals surface area contributed by atoms with Crippen LogP contribution in [-0.4, -0.2) is 50.8 Å². The van der Waals surface area contributed by atoms with Crippen LogP contribution in [0.15, 0.2) is 73.3 Å². The van der Waals surface area contributed by atoms with E-state index in [1.807, 2.05) is 47.2 Å². The maximum absolute atomic E-state index is 6.14. The molecule has 1 saturated heterocycles. The average Bonchev–Trinajstić information content (AvgIpc) is 3.19. The largest absolute Gasteiger partial charge is 0.489 e. The van der Waals surface area contributed by atoms with Crippen molar-refractivity contribution in [2.75, 3.05) is 26.3 Å². The lowest BCUT2D eigenvalue weighted by atomic mass is 10.0. The molecule has 1 atom stereocenters. The van der Waals surface area contributed by atoms with Gasteiger partial charge in [-0.25, -0.2) is 9.50 Å². The summed E-state index contributed by atoms with van der Waals surface area (Å²) < 4.78 is 13.9. The molecule has 1 fully saturated rings. The maximum Gasteiger partial charge on any atom is 0.153 e. The highest BCUT2D eigenvalue weighted by atomic mass is 16.5. The molecule has 0 unspecified atom stereocenters. The van der Waals surface area contributed by atoms with E-state index >= 15 is 0 Å². The van der Waals surface area contributed by atoms with Gasteiger partial charge in [0.1, 0.15) is 12.4 Å². The second kappa shape index (κ2) is 9.89. The Morgan fingerprint density at radius 2 is 2.03 bits per heavy atom. The summed E-state index contributed by atoms with van der Waals surface area (Å²) in [6.45, 7) is 4.69. The van der Waals surface area contributed by atoms with Crippen molar-refractivity contribution in [1.82, 2.24) is 24.5 Å². The molecule has 0 amide bonds. The fraction of sp³-hybridized carbons (Fsp3) is 0.320. The quantitative estimate of drug-likeness (QED) is 0.449. The summed E-state index contributed by atoms with van der Waals surface area (Å²) in [4.78, 5) is 10.9. The SMILES string of the molecule is c1cncc(COc2ccccc2CN2CCOC[C@@H](Cc3ccc4nccn4n3)C2)c1. The van der Waals surface area contributed by atoms with Crippen molar-refractivity contribution in [2.24, 2.45) is 5.92 Å². The predicted octanol–water partition coefficient (Wildman–Crippen LogP) is 3.39. The smallest absolute Gasteiger partial charge is 0.153 e. The van der Waals surface area contributed by atoms with Crippen LogP contribution in [0.25, 0.3) is 5.65 Å². The van der Waals surface area contributed by atoms with E-state index in [4.69, 9.17) is 14.6 Å². The summed E-state index contributed by atoms with van der Waals surface area (Å²) in [5.74, 6) is 1.31. The van der Waals surface area contributed by atoms with Gasteiger partial charge in [-0.15, -0.1) is 0 Å². The molecule has 7 heteroatoms. The zero-order chi connectivity index (χ0) is 21.6. The predicted molar refractivity (Wildman–Crippen MR) is 121 cm³/mol. The molecule has 164 valence electrons. The molecular weight excluding hydrogens is 402 g/mol. The molecule has 0 spiro atoms. The first kappa shape index (κ1) is 20.6. The molecule has 7 nitrogen and oxygen atoms in total. The minimum Gasteiger partial charge on any atom is -0.489 e. The topological polar surface area (TPSA) is 64.8 Å². The number of ether oxygens (including phenoxy) is 2. The Balaban J connectivity index is 1.24. The van der Waals surface area contributed by atoms with Crippen LogP contribution in [0, 0.1) is 5.92 Å². The fourth-order valence-corrected chi connectivity index (χ4v) is 4.14. The van der Waals surface area contributed by atoms with Gasteiger partial charge in [0.15, 0.2) is 5.65 Å². The Hall–Kier alpha value is -3.29. The van der Waals surface area contributed by atoms with E-state index in [1.54, 1.807) is 12.4 Å². The number of fused-ring (bicyclic) bond motifs is 1. The molecule has 0 saturated carbocycles. The van der Waals surface area contributed by atoms with Crippen molar-refractivity contribution in [3.05, 3.63) is 90.1 Å². The zero-order valence-electron chi connectivity index (χ0n) is 18.0. The lowest BCUT2D eigenvalue weighted by Gasteiger charge is -2.24. The normalized spacial score (nSPS) is 17.3. The molecule has 0 bridgehead atoms. The molecule has 3 aromatic heterocycles. The highest BCUT2D eigenvalue weighted by molar-refractivity contribution is 5.36. The fourth-order valence-electron chi connectivity index (χ4n) is 4.14. The van der Waals surface area contributed by atoms with E-state index in [9.17, 15) is 0 Å².